The van der Waals surface area contributed by atoms with Crippen molar-refractivity contribution in [2.45, 2.75) is 58.8 Å². The Kier molecular flexibility index (Phi) is 7.78. The second kappa shape index (κ2) is 11.1. The molecule has 0 saturated carbocycles. The molecule has 2 aromatic heterocycles. The van der Waals surface area contributed by atoms with Crippen molar-refractivity contribution >= 4 is 12.0 Å². The lowest BCUT2D eigenvalue weighted by molar-refractivity contribution is -0.0856. The molecule has 1 aliphatic carbocycles. The molecule has 2 aliphatic heterocycles. The van der Waals surface area contributed by atoms with Gasteiger partial charge in [-0.3, -0.25) is 14.4 Å². The van der Waals surface area contributed by atoms with Crippen molar-refractivity contribution in [3.05, 3.63) is 28.8 Å². The molecular formula is C27H39N5O6. The Morgan fingerprint density at radius 1 is 1.13 bits per heavy atom. The summed E-state index contributed by atoms with van der Waals surface area (Å²) in [6.07, 6.45) is 3.31. The van der Waals surface area contributed by atoms with Crippen LogP contribution < -0.4 is 5.32 Å². The maximum absolute atomic E-state index is 12.9. The summed E-state index contributed by atoms with van der Waals surface area (Å²) in [5.41, 5.74) is 3.37. The predicted octanol–water partition coefficient (Wildman–Crippen LogP) is 2.25. The van der Waals surface area contributed by atoms with Crippen LogP contribution in [0.5, 0.6) is 0 Å². The van der Waals surface area contributed by atoms with Crippen molar-refractivity contribution in [1.29, 1.82) is 0 Å². The van der Waals surface area contributed by atoms with E-state index in [2.05, 4.69) is 16.4 Å². The standard InChI is InChI=1S/C27H39N5O6/c1-18-22-21(37-24(18)25(33)28-15-20-17-35-13-14-36-20)6-5-19-16-32(29-23(19)22)12-9-30-7-10-31(11-8-30)26(34)38-27(2,3)4/h16,20H,5-15,17H2,1-4H3,(H,28,33)/t20-/m1/s1. The highest BCUT2D eigenvalue weighted by atomic mass is 16.6. The Hall–Kier alpha value is -2.89. The van der Waals surface area contributed by atoms with Crippen LogP contribution in [0, 0.1) is 6.92 Å². The lowest BCUT2D eigenvalue weighted by Gasteiger charge is -2.35. The van der Waals surface area contributed by atoms with Crippen molar-refractivity contribution in [3.63, 3.8) is 0 Å². The summed E-state index contributed by atoms with van der Waals surface area (Å²) in [5, 5.41) is 7.81. The van der Waals surface area contributed by atoms with Gasteiger partial charge < -0.3 is 28.8 Å². The number of carbonyl (C=O) groups excluding carboxylic acids is 2. The number of hydrogen-bond acceptors (Lipinski definition) is 8. The summed E-state index contributed by atoms with van der Waals surface area (Å²) < 4.78 is 24.5. The van der Waals surface area contributed by atoms with Gasteiger partial charge in [-0.1, -0.05) is 0 Å². The number of aromatic nitrogens is 2. The third-order valence-corrected chi connectivity index (χ3v) is 7.17. The zero-order chi connectivity index (χ0) is 26.9. The van der Waals surface area contributed by atoms with E-state index in [-0.39, 0.29) is 18.1 Å². The zero-order valence-electron chi connectivity index (χ0n) is 22.9. The Morgan fingerprint density at radius 2 is 1.92 bits per heavy atom. The first-order chi connectivity index (χ1) is 18.2. The third-order valence-electron chi connectivity index (χ3n) is 7.17. The Labute approximate surface area is 223 Å². The second-order valence-corrected chi connectivity index (χ2v) is 11.2. The molecule has 2 fully saturated rings. The average molecular weight is 530 g/mol. The molecule has 3 aliphatic rings. The minimum atomic E-state index is -0.482. The third kappa shape index (κ3) is 6.05. The van der Waals surface area contributed by atoms with E-state index >= 15 is 0 Å². The fourth-order valence-corrected chi connectivity index (χ4v) is 5.16. The van der Waals surface area contributed by atoms with E-state index in [0.29, 0.717) is 45.2 Å². The number of furan rings is 1. The number of ether oxygens (including phenoxy) is 3. The number of piperazine rings is 1. The normalized spacial score (nSPS) is 20.1. The van der Waals surface area contributed by atoms with Crippen LogP contribution in [-0.2, 0) is 33.6 Å². The molecule has 208 valence electrons. The summed E-state index contributed by atoms with van der Waals surface area (Å²) in [6.45, 7) is 14.1. The molecule has 0 spiro atoms. The van der Waals surface area contributed by atoms with Gasteiger partial charge in [-0.2, -0.15) is 5.10 Å². The molecule has 1 atom stereocenters. The highest BCUT2D eigenvalue weighted by Crippen LogP contribution is 2.38. The van der Waals surface area contributed by atoms with E-state index in [4.69, 9.17) is 23.7 Å². The Bertz CT molecular complexity index is 1150. The van der Waals surface area contributed by atoms with Gasteiger partial charge in [-0.15, -0.1) is 0 Å². The molecule has 38 heavy (non-hydrogen) atoms. The van der Waals surface area contributed by atoms with Gasteiger partial charge in [-0.05, 0) is 39.7 Å². The van der Waals surface area contributed by atoms with Crippen molar-refractivity contribution < 1.29 is 28.2 Å². The number of rotatable bonds is 6. The predicted molar refractivity (Wildman–Crippen MR) is 139 cm³/mol. The fourth-order valence-electron chi connectivity index (χ4n) is 5.16. The molecule has 11 nitrogen and oxygen atoms in total. The van der Waals surface area contributed by atoms with Crippen molar-refractivity contribution in [3.8, 4) is 11.3 Å². The van der Waals surface area contributed by atoms with Crippen molar-refractivity contribution in [1.82, 2.24) is 24.9 Å². The van der Waals surface area contributed by atoms with Crippen LogP contribution in [0.4, 0.5) is 4.79 Å². The van der Waals surface area contributed by atoms with Gasteiger partial charge >= 0.3 is 6.09 Å². The molecule has 2 saturated heterocycles. The minimum Gasteiger partial charge on any atom is -0.455 e. The van der Waals surface area contributed by atoms with Crippen LogP contribution in [0.25, 0.3) is 11.3 Å². The summed E-state index contributed by atoms with van der Waals surface area (Å²) in [4.78, 5) is 29.3. The first kappa shape index (κ1) is 26.7. The number of nitrogens with one attached hydrogen (secondary N) is 1. The van der Waals surface area contributed by atoms with Crippen LogP contribution in [0.15, 0.2) is 10.6 Å². The summed E-state index contributed by atoms with van der Waals surface area (Å²) in [6, 6.07) is 0. The van der Waals surface area contributed by atoms with Gasteiger partial charge in [0.15, 0.2) is 5.76 Å². The van der Waals surface area contributed by atoms with Crippen LogP contribution >= 0.6 is 0 Å². The molecular weight excluding hydrogens is 490 g/mol. The van der Waals surface area contributed by atoms with E-state index in [1.807, 2.05) is 32.4 Å². The van der Waals surface area contributed by atoms with Crippen LogP contribution in [0.1, 0.15) is 48.2 Å². The summed E-state index contributed by atoms with van der Waals surface area (Å²) in [7, 11) is 0. The number of nitrogens with zero attached hydrogens (tertiary/aromatic N) is 4. The van der Waals surface area contributed by atoms with Gasteiger partial charge in [0.25, 0.3) is 5.91 Å². The quantitative estimate of drug-likeness (QED) is 0.607. The molecule has 4 heterocycles. The number of hydrogen-bond donors (Lipinski definition) is 1. The first-order valence-electron chi connectivity index (χ1n) is 13.5. The SMILES string of the molecule is Cc1c(C(=O)NC[C@@H]2COCCO2)oc2c1-c1nn(CCN3CCN(C(=O)OC(C)(C)C)CC3)cc1CC2. The van der Waals surface area contributed by atoms with E-state index in [9.17, 15) is 9.59 Å². The van der Waals surface area contributed by atoms with Crippen molar-refractivity contribution in [2.24, 2.45) is 0 Å². The molecule has 2 aromatic rings. The number of amides is 2. The molecule has 11 heteroatoms. The van der Waals surface area contributed by atoms with Gasteiger partial charge in [0, 0.05) is 63.0 Å². The number of carbonyl (C=O) groups is 2. The molecule has 0 unspecified atom stereocenters. The van der Waals surface area contributed by atoms with Gasteiger partial charge in [0.2, 0.25) is 0 Å². The Morgan fingerprint density at radius 3 is 2.63 bits per heavy atom. The maximum Gasteiger partial charge on any atom is 0.410 e. The van der Waals surface area contributed by atoms with E-state index in [1.54, 1.807) is 4.90 Å². The second-order valence-electron chi connectivity index (χ2n) is 11.2. The fraction of sp³-hybridized carbons (Fsp3) is 0.667. The maximum atomic E-state index is 12.9. The highest BCUT2D eigenvalue weighted by Gasteiger charge is 2.30. The van der Waals surface area contributed by atoms with Gasteiger partial charge in [0.05, 0.1) is 38.2 Å². The van der Waals surface area contributed by atoms with Gasteiger partial charge in [-0.25, -0.2) is 4.79 Å². The number of fused-ring (bicyclic) bond motifs is 3. The van der Waals surface area contributed by atoms with E-state index < -0.39 is 5.60 Å². The largest absolute Gasteiger partial charge is 0.455 e. The van der Waals surface area contributed by atoms with Crippen LogP contribution in [0.2, 0.25) is 0 Å². The zero-order valence-corrected chi connectivity index (χ0v) is 22.9. The van der Waals surface area contributed by atoms with E-state index in [1.165, 1.54) is 5.56 Å². The summed E-state index contributed by atoms with van der Waals surface area (Å²) in [5.74, 6) is 0.926. The molecule has 2 amide bonds. The van der Waals surface area contributed by atoms with Gasteiger partial charge in [0.1, 0.15) is 11.4 Å². The lowest BCUT2D eigenvalue weighted by Crippen LogP contribution is -2.50. The highest BCUT2D eigenvalue weighted by molar-refractivity contribution is 5.95. The number of aryl methyl sites for hydroxylation is 2. The lowest BCUT2D eigenvalue weighted by atomic mass is 9.93. The first-order valence-corrected chi connectivity index (χ1v) is 13.5. The molecule has 5 rings (SSSR count). The average Bonchev–Trinajstić information content (AvgIpc) is 3.46. The molecule has 0 bridgehead atoms. The van der Waals surface area contributed by atoms with Crippen LogP contribution in [0.3, 0.4) is 0 Å². The molecule has 0 aromatic carbocycles. The molecule has 1 N–H and O–H groups in total. The van der Waals surface area contributed by atoms with Crippen molar-refractivity contribution in [2.75, 3.05) is 59.1 Å². The monoisotopic (exact) mass is 529 g/mol. The van der Waals surface area contributed by atoms with E-state index in [0.717, 1.165) is 61.6 Å². The Balaban J connectivity index is 1.17. The minimum absolute atomic E-state index is 0.139. The summed E-state index contributed by atoms with van der Waals surface area (Å²) >= 11 is 0. The molecule has 0 radical (unpaired) electrons. The van der Waals surface area contributed by atoms with Crippen LogP contribution in [-0.4, -0.2) is 102 Å². The topological polar surface area (TPSA) is 111 Å². The smallest absolute Gasteiger partial charge is 0.410 e.